The number of halogens is 1. The molecule has 104 valence electrons. The van der Waals surface area contributed by atoms with Gasteiger partial charge in [0.05, 0.1) is 0 Å². The van der Waals surface area contributed by atoms with Crippen molar-refractivity contribution >= 4 is 17.2 Å². The highest BCUT2D eigenvalue weighted by atomic mass is 32.1. The first kappa shape index (κ1) is 14.5. The molecule has 0 saturated heterocycles. The lowest BCUT2D eigenvalue weighted by atomic mass is 10.1. The van der Waals surface area contributed by atoms with E-state index >= 15 is 0 Å². The summed E-state index contributed by atoms with van der Waals surface area (Å²) in [5.74, 6) is -0.00270. The van der Waals surface area contributed by atoms with Gasteiger partial charge in [-0.1, -0.05) is 41.5 Å². The molecule has 0 saturated carbocycles. The summed E-state index contributed by atoms with van der Waals surface area (Å²) in [6, 6.07) is 10.7. The van der Waals surface area contributed by atoms with Crippen molar-refractivity contribution < 1.29 is 9.13 Å². The van der Waals surface area contributed by atoms with Gasteiger partial charge in [-0.2, -0.15) is 0 Å². The molecule has 4 heteroatoms. The molecule has 0 unspecified atom stereocenters. The van der Waals surface area contributed by atoms with Gasteiger partial charge >= 0.3 is 0 Å². The van der Waals surface area contributed by atoms with Crippen LogP contribution in [0.3, 0.4) is 0 Å². The van der Waals surface area contributed by atoms with E-state index in [4.69, 9.17) is 22.7 Å². The number of ether oxygens (including phenoxy) is 1. The van der Waals surface area contributed by atoms with Crippen LogP contribution in [-0.4, -0.2) is 4.99 Å². The van der Waals surface area contributed by atoms with Gasteiger partial charge in [0.1, 0.15) is 23.2 Å². The van der Waals surface area contributed by atoms with Crippen molar-refractivity contribution in [1.82, 2.24) is 0 Å². The second-order valence-corrected chi connectivity index (χ2v) is 5.23. The zero-order chi connectivity index (χ0) is 14.7. The Labute approximate surface area is 123 Å². The number of hydrogen-bond donors (Lipinski definition) is 1. The molecule has 0 aliphatic rings. The summed E-state index contributed by atoms with van der Waals surface area (Å²) in [7, 11) is 0. The van der Waals surface area contributed by atoms with Crippen LogP contribution in [0.1, 0.15) is 22.3 Å². The number of benzene rings is 2. The fraction of sp³-hybridized carbons (Fsp3) is 0.188. The van der Waals surface area contributed by atoms with Gasteiger partial charge in [0.15, 0.2) is 0 Å². The Bertz CT molecular complexity index is 635. The third-order valence-corrected chi connectivity index (χ3v) is 3.11. The maximum absolute atomic E-state index is 13.7. The number of rotatable bonds is 4. The summed E-state index contributed by atoms with van der Waals surface area (Å²) < 4.78 is 19.3. The Kier molecular flexibility index (Phi) is 4.35. The predicted octanol–water partition coefficient (Wildman–Crippen LogP) is 3.66. The first-order chi connectivity index (χ1) is 9.45. The van der Waals surface area contributed by atoms with Gasteiger partial charge in [0.25, 0.3) is 0 Å². The molecule has 0 amide bonds. The van der Waals surface area contributed by atoms with Crippen LogP contribution >= 0.6 is 12.2 Å². The molecule has 0 aliphatic carbocycles. The lowest BCUT2D eigenvalue weighted by Crippen LogP contribution is -2.11. The Morgan fingerprint density at radius 3 is 2.35 bits per heavy atom. The van der Waals surface area contributed by atoms with Crippen LogP contribution in [0.5, 0.6) is 5.75 Å². The maximum atomic E-state index is 13.7. The van der Waals surface area contributed by atoms with Crippen molar-refractivity contribution in [2.75, 3.05) is 0 Å². The monoisotopic (exact) mass is 289 g/mol. The SMILES string of the molecule is Cc1cc(C)cc(COc2ccc(C(N)=S)c(F)c2)c1. The summed E-state index contributed by atoms with van der Waals surface area (Å²) in [6.45, 7) is 4.47. The van der Waals surface area contributed by atoms with Crippen LogP contribution < -0.4 is 10.5 Å². The number of thiocarbonyl (C=S) groups is 1. The molecular weight excluding hydrogens is 273 g/mol. The summed E-state index contributed by atoms with van der Waals surface area (Å²) in [6.07, 6.45) is 0. The van der Waals surface area contributed by atoms with Crippen LogP contribution in [0.25, 0.3) is 0 Å². The quantitative estimate of drug-likeness (QED) is 0.873. The number of nitrogens with two attached hydrogens (primary N) is 1. The lowest BCUT2D eigenvalue weighted by molar-refractivity contribution is 0.304. The Hall–Kier alpha value is -1.94. The Morgan fingerprint density at radius 2 is 1.80 bits per heavy atom. The molecule has 0 spiro atoms. The first-order valence-corrected chi connectivity index (χ1v) is 6.66. The van der Waals surface area contributed by atoms with Gasteiger partial charge < -0.3 is 10.5 Å². The summed E-state index contributed by atoms with van der Waals surface area (Å²) in [4.78, 5) is 0.0448. The van der Waals surface area contributed by atoms with Gasteiger partial charge in [0.2, 0.25) is 0 Å². The third-order valence-electron chi connectivity index (χ3n) is 2.89. The van der Waals surface area contributed by atoms with E-state index in [9.17, 15) is 4.39 Å². The fourth-order valence-corrected chi connectivity index (χ4v) is 2.27. The summed E-state index contributed by atoms with van der Waals surface area (Å²) in [5.41, 5.74) is 9.06. The molecule has 0 aliphatic heterocycles. The van der Waals surface area contributed by atoms with Crippen molar-refractivity contribution in [3.63, 3.8) is 0 Å². The van der Waals surface area contributed by atoms with Crippen LogP contribution in [0.15, 0.2) is 36.4 Å². The average Bonchev–Trinajstić information content (AvgIpc) is 2.35. The molecule has 0 aromatic heterocycles. The van der Waals surface area contributed by atoms with E-state index in [1.807, 2.05) is 26.0 Å². The second-order valence-electron chi connectivity index (χ2n) is 4.79. The highest BCUT2D eigenvalue weighted by Gasteiger charge is 2.07. The summed E-state index contributed by atoms with van der Waals surface area (Å²) >= 11 is 4.76. The Balaban J connectivity index is 2.11. The van der Waals surface area contributed by atoms with Crippen LogP contribution in [0, 0.1) is 19.7 Å². The molecule has 2 nitrogen and oxygen atoms in total. The normalized spacial score (nSPS) is 10.3. The molecule has 2 aromatic rings. The van der Waals surface area contributed by atoms with Gasteiger partial charge in [-0.05, 0) is 31.5 Å². The van der Waals surface area contributed by atoms with E-state index < -0.39 is 5.82 Å². The second kappa shape index (κ2) is 6.01. The topological polar surface area (TPSA) is 35.2 Å². The lowest BCUT2D eigenvalue weighted by Gasteiger charge is -2.09. The predicted molar refractivity (Wildman–Crippen MR) is 82.5 cm³/mol. The van der Waals surface area contributed by atoms with E-state index in [-0.39, 0.29) is 10.6 Å². The van der Waals surface area contributed by atoms with Crippen molar-refractivity contribution in [2.45, 2.75) is 20.5 Å². The molecular formula is C16H16FNOS. The van der Waals surface area contributed by atoms with Crippen molar-refractivity contribution in [3.8, 4) is 5.75 Å². The molecule has 20 heavy (non-hydrogen) atoms. The smallest absolute Gasteiger partial charge is 0.137 e. The van der Waals surface area contributed by atoms with Crippen molar-refractivity contribution in [1.29, 1.82) is 0 Å². The first-order valence-electron chi connectivity index (χ1n) is 6.25. The highest BCUT2D eigenvalue weighted by molar-refractivity contribution is 7.80. The molecule has 0 radical (unpaired) electrons. The largest absolute Gasteiger partial charge is 0.489 e. The zero-order valence-corrected chi connectivity index (χ0v) is 12.3. The van der Waals surface area contributed by atoms with E-state index in [1.54, 1.807) is 6.07 Å². The van der Waals surface area contributed by atoms with Gasteiger partial charge in [-0.25, -0.2) is 4.39 Å². The van der Waals surface area contributed by atoms with E-state index in [0.29, 0.717) is 12.4 Å². The number of aryl methyl sites for hydroxylation is 2. The minimum Gasteiger partial charge on any atom is -0.489 e. The highest BCUT2D eigenvalue weighted by Crippen LogP contribution is 2.18. The van der Waals surface area contributed by atoms with Crippen LogP contribution in [0.2, 0.25) is 0 Å². The van der Waals surface area contributed by atoms with Gasteiger partial charge in [-0.15, -0.1) is 0 Å². The molecule has 0 fully saturated rings. The van der Waals surface area contributed by atoms with Gasteiger partial charge in [-0.3, -0.25) is 0 Å². The standard InChI is InChI=1S/C16H16FNOS/c1-10-5-11(2)7-12(6-10)9-19-13-3-4-14(16(18)20)15(17)8-13/h3-8H,9H2,1-2H3,(H2,18,20). The minimum atomic E-state index is -0.463. The average molecular weight is 289 g/mol. The van der Waals surface area contributed by atoms with Crippen molar-refractivity contribution in [2.24, 2.45) is 5.73 Å². The number of hydrogen-bond acceptors (Lipinski definition) is 2. The molecule has 2 N–H and O–H groups in total. The minimum absolute atomic E-state index is 0.0448. The third kappa shape index (κ3) is 3.54. The molecule has 0 bridgehead atoms. The fourth-order valence-electron chi connectivity index (χ4n) is 2.10. The maximum Gasteiger partial charge on any atom is 0.137 e. The van der Waals surface area contributed by atoms with E-state index in [1.165, 1.54) is 23.3 Å². The molecule has 0 atom stereocenters. The van der Waals surface area contributed by atoms with E-state index in [2.05, 4.69) is 6.07 Å². The van der Waals surface area contributed by atoms with Crippen LogP contribution in [0.4, 0.5) is 4.39 Å². The summed E-state index contributed by atoms with van der Waals surface area (Å²) in [5, 5.41) is 0. The van der Waals surface area contributed by atoms with Gasteiger partial charge in [0, 0.05) is 11.6 Å². The van der Waals surface area contributed by atoms with Crippen molar-refractivity contribution in [3.05, 3.63) is 64.5 Å². The molecule has 0 heterocycles. The molecule has 2 aromatic carbocycles. The Morgan fingerprint density at radius 1 is 1.15 bits per heavy atom. The van der Waals surface area contributed by atoms with E-state index in [0.717, 1.165) is 5.56 Å². The van der Waals surface area contributed by atoms with Crippen LogP contribution in [-0.2, 0) is 6.61 Å². The zero-order valence-electron chi connectivity index (χ0n) is 11.4. The molecule has 2 rings (SSSR count).